The molecule has 1 aromatic rings. The third-order valence-corrected chi connectivity index (χ3v) is 4.73. The summed E-state index contributed by atoms with van der Waals surface area (Å²) in [5.74, 6) is 2.16. The van der Waals surface area contributed by atoms with Gasteiger partial charge in [-0.3, -0.25) is 0 Å². The second-order valence-corrected chi connectivity index (χ2v) is 6.57. The van der Waals surface area contributed by atoms with E-state index in [1.165, 1.54) is 5.56 Å². The van der Waals surface area contributed by atoms with Gasteiger partial charge in [0, 0.05) is 6.04 Å². The van der Waals surface area contributed by atoms with Gasteiger partial charge in [0.1, 0.15) is 0 Å². The maximum atomic E-state index is 3.70. The summed E-state index contributed by atoms with van der Waals surface area (Å²) in [6.07, 6.45) is 0. The zero-order valence-corrected chi connectivity index (χ0v) is 12.4. The third kappa shape index (κ3) is 2.09. The molecule has 0 bridgehead atoms. The number of nitrogens with one attached hydrogen (secondary N) is 1. The van der Waals surface area contributed by atoms with Gasteiger partial charge in [-0.1, -0.05) is 65.0 Å². The lowest BCUT2D eigenvalue weighted by Gasteiger charge is -2.61. The largest absolute Gasteiger partial charge is 0.313 e. The van der Waals surface area contributed by atoms with Crippen LogP contribution in [0.2, 0.25) is 0 Å². The number of rotatable bonds is 4. The van der Waals surface area contributed by atoms with Gasteiger partial charge in [0.15, 0.2) is 0 Å². The van der Waals surface area contributed by atoms with Gasteiger partial charge in [0.2, 0.25) is 0 Å². The van der Waals surface area contributed by atoms with Gasteiger partial charge in [-0.05, 0) is 35.3 Å². The predicted octanol–water partition coefficient (Wildman–Crippen LogP) is 4.06. The van der Waals surface area contributed by atoms with Crippen molar-refractivity contribution in [3.8, 4) is 0 Å². The molecule has 1 aromatic carbocycles. The fraction of sp³-hybridized carbons (Fsp3) is 0.647. The highest BCUT2D eigenvalue weighted by atomic mass is 15.0. The lowest BCUT2D eigenvalue weighted by atomic mass is 9.47. The van der Waals surface area contributed by atoms with Crippen molar-refractivity contribution < 1.29 is 0 Å². The summed E-state index contributed by atoms with van der Waals surface area (Å²) in [6.45, 7) is 12.8. The molecular formula is C17H27N. The van der Waals surface area contributed by atoms with E-state index in [2.05, 4.69) is 70.3 Å². The maximum absolute atomic E-state index is 3.70. The van der Waals surface area contributed by atoms with Gasteiger partial charge < -0.3 is 5.32 Å². The molecule has 3 atom stereocenters. The summed E-state index contributed by atoms with van der Waals surface area (Å²) in [7, 11) is 0. The number of hydrogen-bond donors (Lipinski definition) is 1. The van der Waals surface area contributed by atoms with Gasteiger partial charge in [0.25, 0.3) is 0 Å². The van der Waals surface area contributed by atoms with E-state index in [1.54, 1.807) is 0 Å². The van der Waals surface area contributed by atoms with E-state index in [9.17, 15) is 0 Å². The van der Waals surface area contributed by atoms with Gasteiger partial charge >= 0.3 is 0 Å². The van der Waals surface area contributed by atoms with Crippen LogP contribution in [0.15, 0.2) is 30.3 Å². The first kappa shape index (κ1) is 13.6. The van der Waals surface area contributed by atoms with Crippen LogP contribution in [0.5, 0.6) is 0 Å². The smallest absolute Gasteiger partial charge is 0.0161 e. The molecule has 2 rings (SSSR count). The second kappa shape index (κ2) is 5.05. The average molecular weight is 245 g/mol. The third-order valence-electron chi connectivity index (χ3n) is 4.73. The summed E-state index contributed by atoms with van der Waals surface area (Å²) in [4.78, 5) is 0. The Kier molecular flexibility index (Phi) is 3.82. The van der Waals surface area contributed by atoms with Crippen molar-refractivity contribution in [1.29, 1.82) is 0 Å². The fourth-order valence-corrected chi connectivity index (χ4v) is 3.96. The van der Waals surface area contributed by atoms with E-state index < -0.39 is 0 Å². The molecule has 3 unspecified atom stereocenters. The van der Waals surface area contributed by atoms with E-state index in [-0.39, 0.29) is 0 Å². The summed E-state index contributed by atoms with van der Waals surface area (Å²) in [5.41, 5.74) is 1.86. The zero-order chi connectivity index (χ0) is 13.3. The highest BCUT2D eigenvalue weighted by Crippen LogP contribution is 2.59. The van der Waals surface area contributed by atoms with Gasteiger partial charge in [-0.25, -0.2) is 0 Å². The monoisotopic (exact) mass is 245 g/mol. The average Bonchev–Trinajstić information content (AvgIpc) is 2.33. The standard InChI is InChI=1S/C17H27N/c1-6-18-16-14(12(2)3)15(17(16,4)5)13-10-8-7-9-11-13/h7-12,14-16,18H,6H2,1-5H3. The van der Waals surface area contributed by atoms with Gasteiger partial charge in [-0.2, -0.15) is 0 Å². The van der Waals surface area contributed by atoms with Crippen LogP contribution in [0, 0.1) is 17.3 Å². The van der Waals surface area contributed by atoms with E-state index in [1.807, 2.05) is 0 Å². The van der Waals surface area contributed by atoms with Crippen LogP contribution >= 0.6 is 0 Å². The molecule has 1 heteroatoms. The molecule has 1 fully saturated rings. The Morgan fingerprint density at radius 3 is 2.28 bits per heavy atom. The molecule has 0 saturated heterocycles. The van der Waals surface area contributed by atoms with Crippen LogP contribution in [0.3, 0.4) is 0 Å². The highest BCUT2D eigenvalue weighted by Gasteiger charge is 2.56. The minimum absolute atomic E-state index is 0.353. The Bertz CT molecular complexity index is 380. The SMILES string of the molecule is CCNC1C(C(C)C)C(c2ccccc2)C1(C)C. The van der Waals surface area contributed by atoms with Crippen molar-refractivity contribution in [2.45, 2.75) is 46.6 Å². The van der Waals surface area contributed by atoms with Crippen molar-refractivity contribution >= 4 is 0 Å². The topological polar surface area (TPSA) is 12.0 Å². The van der Waals surface area contributed by atoms with Crippen LogP contribution in [-0.2, 0) is 0 Å². The molecule has 0 radical (unpaired) electrons. The first-order chi connectivity index (χ1) is 8.50. The quantitative estimate of drug-likeness (QED) is 0.843. The zero-order valence-electron chi connectivity index (χ0n) is 12.4. The highest BCUT2D eigenvalue weighted by molar-refractivity contribution is 5.30. The Balaban J connectivity index is 2.29. The lowest BCUT2D eigenvalue weighted by Crippen LogP contribution is -2.64. The number of benzene rings is 1. The minimum Gasteiger partial charge on any atom is -0.313 e. The molecule has 1 nitrogen and oxygen atoms in total. The van der Waals surface area contributed by atoms with Crippen molar-refractivity contribution in [2.75, 3.05) is 6.54 Å². The molecule has 0 heterocycles. The van der Waals surface area contributed by atoms with Crippen LogP contribution in [0.25, 0.3) is 0 Å². The van der Waals surface area contributed by atoms with Gasteiger partial charge in [-0.15, -0.1) is 0 Å². The molecule has 0 aliphatic heterocycles. The van der Waals surface area contributed by atoms with E-state index in [0.29, 0.717) is 17.4 Å². The van der Waals surface area contributed by atoms with Crippen molar-refractivity contribution in [3.63, 3.8) is 0 Å². The normalized spacial score (nSPS) is 30.2. The van der Waals surface area contributed by atoms with Crippen LogP contribution in [0.4, 0.5) is 0 Å². The molecule has 1 N–H and O–H groups in total. The van der Waals surface area contributed by atoms with Crippen molar-refractivity contribution in [1.82, 2.24) is 5.32 Å². The predicted molar refractivity (Wildman–Crippen MR) is 78.8 cm³/mol. The number of hydrogen-bond acceptors (Lipinski definition) is 1. The van der Waals surface area contributed by atoms with E-state index in [0.717, 1.165) is 18.4 Å². The van der Waals surface area contributed by atoms with Crippen molar-refractivity contribution in [2.24, 2.45) is 17.3 Å². The molecule has 0 aromatic heterocycles. The molecule has 1 aliphatic carbocycles. The van der Waals surface area contributed by atoms with Crippen LogP contribution in [-0.4, -0.2) is 12.6 Å². The summed E-state index contributed by atoms with van der Waals surface area (Å²) in [5, 5.41) is 3.70. The first-order valence-electron chi connectivity index (χ1n) is 7.28. The molecule has 0 spiro atoms. The Hall–Kier alpha value is -0.820. The summed E-state index contributed by atoms with van der Waals surface area (Å²) >= 11 is 0. The van der Waals surface area contributed by atoms with Crippen molar-refractivity contribution in [3.05, 3.63) is 35.9 Å². The van der Waals surface area contributed by atoms with Gasteiger partial charge in [0.05, 0.1) is 0 Å². The summed E-state index contributed by atoms with van der Waals surface area (Å²) in [6, 6.07) is 11.7. The summed E-state index contributed by atoms with van der Waals surface area (Å²) < 4.78 is 0. The minimum atomic E-state index is 0.353. The van der Waals surface area contributed by atoms with Crippen LogP contribution < -0.4 is 5.32 Å². The first-order valence-corrected chi connectivity index (χ1v) is 7.28. The lowest BCUT2D eigenvalue weighted by molar-refractivity contribution is -0.0358. The van der Waals surface area contributed by atoms with E-state index in [4.69, 9.17) is 0 Å². The molecular weight excluding hydrogens is 218 g/mol. The fourth-order valence-electron chi connectivity index (χ4n) is 3.96. The molecule has 1 saturated carbocycles. The Morgan fingerprint density at radius 2 is 1.78 bits per heavy atom. The Morgan fingerprint density at radius 1 is 1.17 bits per heavy atom. The molecule has 1 aliphatic rings. The molecule has 100 valence electrons. The maximum Gasteiger partial charge on any atom is 0.0161 e. The molecule has 18 heavy (non-hydrogen) atoms. The molecule has 0 amide bonds. The second-order valence-electron chi connectivity index (χ2n) is 6.57. The van der Waals surface area contributed by atoms with E-state index >= 15 is 0 Å². The Labute approximate surface area is 112 Å². The van der Waals surface area contributed by atoms with Crippen LogP contribution in [0.1, 0.15) is 46.1 Å².